The lowest BCUT2D eigenvalue weighted by Gasteiger charge is -2.11. The van der Waals surface area contributed by atoms with Crippen molar-refractivity contribution in [2.75, 3.05) is 13.6 Å². The minimum atomic E-state index is -0.212. The first kappa shape index (κ1) is 15.9. The first-order valence-electron chi connectivity index (χ1n) is 7.22. The van der Waals surface area contributed by atoms with Crippen LogP contribution in [0.1, 0.15) is 29.1 Å². The van der Waals surface area contributed by atoms with Crippen molar-refractivity contribution in [2.24, 2.45) is 0 Å². The van der Waals surface area contributed by atoms with E-state index in [1.165, 1.54) is 7.05 Å². The molecule has 0 spiro atoms. The lowest BCUT2D eigenvalue weighted by Crippen LogP contribution is -2.35. The summed E-state index contributed by atoms with van der Waals surface area (Å²) in [5, 5.41) is 9.46. The summed E-state index contributed by atoms with van der Waals surface area (Å²) in [6, 6.07) is 1.93. The number of fused-ring (bicyclic) bond motifs is 1. The third-order valence-electron chi connectivity index (χ3n) is 3.61. The van der Waals surface area contributed by atoms with Crippen LogP contribution < -0.4 is 10.6 Å². The SMILES string of the molecule is CNC(=O)CNC(=O)CCc1c(C)nc2cc(C)nn2c1C. The molecule has 2 aromatic heterocycles. The zero-order valence-electron chi connectivity index (χ0n) is 13.4. The summed E-state index contributed by atoms with van der Waals surface area (Å²) >= 11 is 0. The molecule has 22 heavy (non-hydrogen) atoms. The Bertz CT molecular complexity index is 720. The Hall–Kier alpha value is -2.44. The highest BCUT2D eigenvalue weighted by Crippen LogP contribution is 2.16. The fourth-order valence-corrected chi connectivity index (χ4v) is 2.40. The fourth-order valence-electron chi connectivity index (χ4n) is 2.40. The van der Waals surface area contributed by atoms with Crippen molar-refractivity contribution in [3.05, 3.63) is 28.7 Å². The molecule has 0 unspecified atom stereocenters. The summed E-state index contributed by atoms with van der Waals surface area (Å²) in [5.41, 5.74) is 4.65. The predicted octanol–water partition coefficient (Wildman–Crippen LogP) is 0.449. The molecule has 0 aliphatic heterocycles. The normalized spacial score (nSPS) is 10.7. The van der Waals surface area contributed by atoms with Crippen LogP contribution in [0.4, 0.5) is 0 Å². The van der Waals surface area contributed by atoms with Crippen LogP contribution in [0.15, 0.2) is 6.07 Å². The van der Waals surface area contributed by atoms with E-state index in [1.54, 1.807) is 4.52 Å². The molecule has 2 heterocycles. The number of aromatic nitrogens is 3. The Morgan fingerprint density at radius 3 is 2.64 bits per heavy atom. The van der Waals surface area contributed by atoms with Gasteiger partial charge in [-0.2, -0.15) is 5.10 Å². The summed E-state index contributed by atoms with van der Waals surface area (Å²) in [6.07, 6.45) is 0.880. The molecule has 0 aliphatic carbocycles. The van der Waals surface area contributed by atoms with Crippen molar-refractivity contribution < 1.29 is 9.59 Å². The molecule has 0 fully saturated rings. The zero-order valence-corrected chi connectivity index (χ0v) is 13.4. The van der Waals surface area contributed by atoms with Gasteiger partial charge in [0.25, 0.3) is 0 Å². The zero-order chi connectivity index (χ0) is 16.3. The molecule has 0 bridgehead atoms. The number of hydrogen-bond acceptors (Lipinski definition) is 4. The molecule has 2 rings (SSSR count). The highest BCUT2D eigenvalue weighted by atomic mass is 16.2. The monoisotopic (exact) mass is 303 g/mol. The smallest absolute Gasteiger partial charge is 0.239 e. The molecule has 2 amide bonds. The Labute approximate surface area is 129 Å². The fraction of sp³-hybridized carbons (Fsp3) is 0.467. The quantitative estimate of drug-likeness (QED) is 0.839. The van der Waals surface area contributed by atoms with E-state index in [2.05, 4.69) is 20.7 Å². The van der Waals surface area contributed by atoms with E-state index in [9.17, 15) is 9.59 Å². The Balaban J connectivity index is 2.08. The van der Waals surface area contributed by atoms with Gasteiger partial charge < -0.3 is 10.6 Å². The molecular formula is C15H21N5O2. The molecule has 0 atom stereocenters. The number of likely N-dealkylation sites (N-methyl/N-ethyl adjacent to an activating group) is 1. The van der Waals surface area contributed by atoms with E-state index in [4.69, 9.17) is 0 Å². The third kappa shape index (κ3) is 3.41. The van der Waals surface area contributed by atoms with Gasteiger partial charge in [-0.1, -0.05) is 0 Å². The maximum atomic E-state index is 11.8. The molecule has 7 heteroatoms. The molecule has 7 nitrogen and oxygen atoms in total. The van der Waals surface area contributed by atoms with Crippen LogP contribution in [-0.2, 0) is 16.0 Å². The van der Waals surface area contributed by atoms with Crippen molar-refractivity contribution in [3.63, 3.8) is 0 Å². The molecule has 2 N–H and O–H groups in total. The number of rotatable bonds is 5. The van der Waals surface area contributed by atoms with Crippen LogP contribution in [-0.4, -0.2) is 40.0 Å². The standard InChI is InChI=1S/C15H21N5O2/c1-9-7-13-18-10(2)12(11(3)20(13)19-9)5-6-14(21)17-8-15(22)16-4/h7H,5-6,8H2,1-4H3,(H,16,22)(H,17,21). The van der Waals surface area contributed by atoms with E-state index in [-0.39, 0.29) is 18.4 Å². The second kappa shape index (κ2) is 6.55. The minimum Gasteiger partial charge on any atom is -0.358 e. The topological polar surface area (TPSA) is 88.4 Å². The number of nitrogens with zero attached hydrogens (tertiary/aromatic N) is 3. The van der Waals surface area contributed by atoms with E-state index in [1.807, 2.05) is 26.8 Å². The molecule has 118 valence electrons. The summed E-state index contributed by atoms with van der Waals surface area (Å²) in [6.45, 7) is 5.84. The molecule has 0 aliphatic rings. The second-order valence-corrected chi connectivity index (χ2v) is 5.27. The van der Waals surface area contributed by atoms with Gasteiger partial charge in [0.2, 0.25) is 11.8 Å². The van der Waals surface area contributed by atoms with Gasteiger partial charge in [-0.05, 0) is 32.8 Å². The van der Waals surface area contributed by atoms with Gasteiger partial charge in [0.1, 0.15) is 0 Å². The van der Waals surface area contributed by atoms with E-state index < -0.39 is 0 Å². The van der Waals surface area contributed by atoms with Crippen LogP contribution in [0, 0.1) is 20.8 Å². The second-order valence-electron chi connectivity index (χ2n) is 5.27. The van der Waals surface area contributed by atoms with Crippen LogP contribution in [0.5, 0.6) is 0 Å². The molecule has 0 saturated carbocycles. The summed E-state index contributed by atoms with van der Waals surface area (Å²) < 4.78 is 1.81. The third-order valence-corrected chi connectivity index (χ3v) is 3.61. The van der Waals surface area contributed by atoms with Crippen LogP contribution in [0.3, 0.4) is 0 Å². The molecule has 0 saturated heterocycles. The average molecular weight is 303 g/mol. The van der Waals surface area contributed by atoms with Gasteiger partial charge in [0, 0.05) is 30.9 Å². The van der Waals surface area contributed by atoms with E-state index in [0.29, 0.717) is 12.8 Å². The van der Waals surface area contributed by atoms with Gasteiger partial charge in [-0.3, -0.25) is 9.59 Å². The number of carbonyl (C=O) groups is 2. The number of carbonyl (C=O) groups excluding carboxylic acids is 2. The van der Waals surface area contributed by atoms with Gasteiger partial charge in [-0.25, -0.2) is 9.50 Å². The van der Waals surface area contributed by atoms with Crippen LogP contribution in [0.25, 0.3) is 5.65 Å². The van der Waals surface area contributed by atoms with Gasteiger partial charge >= 0.3 is 0 Å². The lowest BCUT2D eigenvalue weighted by atomic mass is 10.1. The molecule has 0 aromatic carbocycles. The van der Waals surface area contributed by atoms with E-state index in [0.717, 1.165) is 28.3 Å². The summed E-state index contributed by atoms with van der Waals surface area (Å²) in [7, 11) is 1.54. The van der Waals surface area contributed by atoms with Crippen LogP contribution in [0.2, 0.25) is 0 Å². The van der Waals surface area contributed by atoms with Gasteiger partial charge in [0.15, 0.2) is 5.65 Å². The van der Waals surface area contributed by atoms with Crippen molar-refractivity contribution in [1.82, 2.24) is 25.2 Å². The largest absolute Gasteiger partial charge is 0.358 e. The molecule has 2 aromatic rings. The van der Waals surface area contributed by atoms with Crippen molar-refractivity contribution >= 4 is 17.5 Å². The predicted molar refractivity (Wildman–Crippen MR) is 82.6 cm³/mol. The summed E-state index contributed by atoms with van der Waals surface area (Å²) in [5.74, 6) is -0.366. The maximum absolute atomic E-state index is 11.8. The van der Waals surface area contributed by atoms with Crippen molar-refractivity contribution in [2.45, 2.75) is 33.6 Å². The highest BCUT2D eigenvalue weighted by Gasteiger charge is 2.13. The lowest BCUT2D eigenvalue weighted by molar-refractivity contribution is -0.125. The highest BCUT2D eigenvalue weighted by molar-refractivity contribution is 5.84. The van der Waals surface area contributed by atoms with Gasteiger partial charge in [0.05, 0.1) is 12.2 Å². The first-order valence-corrected chi connectivity index (χ1v) is 7.22. The maximum Gasteiger partial charge on any atom is 0.239 e. The number of hydrogen-bond donors (Lipinski definition) is 2. The number of nitrogens with one attached hydrogen (secondary N) is 2. The first-order chi connectivity index (χ1) is 10.4. The Morgan fingerprint density at radius 1 is 1.23 bits per heavy atom. The number of aryl methyl sites for hydroxylation is 3. The molecule has 0 radical (unpaired) electrons. The van der Waals surface area contributed by atoms with Crippen molar-refractivity contribution in [3.8, 4) is 0 Å². The van der Waals surface area contributed by atoms with Gasteiger partial charge in [-0.15, -0.1) is 0 Å². The van der Waals surface area contributed by atoms with E-state index >= 15 is 0 Å². The Morgan fingerprint density at radius 2 is 1.95 bits per heavy atom. The Kier molecular flexibility index (Phi) is 4.75. The minimum absolute atomic E-state index is 0.00291. The van der Waals surface area contributed by atoms with Crippen molar-refractivity contribution in [1.29, 1.82) is 0 Å². The average Bonchev–Trinajstić information content (AvgIpc) is 2.85. The summed E-state index contributed by atoms with van der Waals surface area (Å²) in [4.78, 5) is 27.4. The van der Waals surface area contributed by atoms with Crippen LogP contribution >= 0.6 is 0 Å². The molecular weight excluding hydrogens is 282 g/mol. The number of amides is 2.